The molecule has 334 valence electrons. The Balaban J connectivity index is 4.16. The van der Waals surface area contributed by atoms with Crippen LogP contribution in [0.15, 0.2) is 36.5 Å². The Morgan fingerprint density at radius 2 is 0.947 bits per heavy atom. The number of hydrogen-bond acceptors (Lipinski definition) is 8. The fourth-order valence-electron chi connectivity index (χ4n) is 6.25. The third-order valence-electron chi connectivity index (χ3n) is 9.91. The Kier molecular flexibility index (Phi) is 38.4. The average molecular weight is 826 g/mol. The van der Waals surface area contributed by atoms with E-state index in [4.69, 9.17) is 18.5 Å². The number of carbonyl (C=O) groups is 2. The van der Waals surface area contributed by atoms with E-state index in [9.17, 15) is 19.0 Å². The summed E-state index contributed by atoms with van der Waals surface area (Å²) in [7, 11) is 1.16. The molecule has 9 nitrogen and oxygen atoms in total. The summed E-state index contributed by atoms with van der Waals surface area (Å²) in [4.78, 5) is 37.4. The molecule has 0 aromatic carbocycles. The summed E-state index contributed by atoms with van der Waals surface area (Å²) in [5.74, 6) is -0.840. The summed E-state index contributed by atoms with van der Waals surface area (Å²) in [6.45, 7) is 4.18. The molecule has 0 saturated carbocycles. The third-order valence-corrected chi connectivity index (χ3v) is 10.9. The largest absolute Gasteiger partial charge is 0.756 e. The number of nitrogens with zero attached hydrogens (tertiary/aromatic N) is 1. The van der Waals surface area contributed by atoms with Gasteiger partial charge in [0.1, 0.15) is 19.8 Å². The molecule has 0 aliphatic rings. The van der Waals surface area contributed by atoms with Gasteiger partial charge in [-0.2, -0.15) is 0 Å². The van der Waals surface area contributed by atoms with Crippen LogP contribution in [0.25, 0.3) is 0 Å². The van der Waals surface area contributed by atoms with E-state index in [0.29, 0.717) is 17.4 Å². The van der Waals surface area contributed by atoms with Gasteiger partial charge in [-0.15, -0.1) is 0 Å². The zero-order chi connectivity index (χ0) is 42.1. The minimum absolute atomic E-state index is 0.0310. The van der Waals surface area contributed by atoms with Crippen LogP contribution in [0.1, 0.15) is 200 Å². The third kappa shape index (κ3) is 43.6. The highest BCUT2D eigenvalue weighted by atomic mass is 31.2. The van der Waals surface area contributed by atoms with Gasteiger partial charge in [0.2, 0.25) is 0 Å². The molecule has 0 saturated heterocycles. The normalized spacial score (nSPS) is 13.9. The second-order valence-corrected chi connectivity index (χ2v) is 18.2. The minimum Gasteiger partial charge on any atom is -0.756 e. The molecule has 0 fully saturated rings. The predicted molar refractivity (Wildman–Crippen MR) is 236 cm³/mol. The van der Waals surface area contributed by atoms with E-state index in [1.54, 1.807) is 0 Å². The van der Waals surface area contributed by atoms with Crippen LogP contribution >= 0.6 is 7.82 Å². The van der Waals surface area contributed by atoms with Crippen molar-refractivity contribution in [3.63, 3.8) is 0 Å². The van der Waals surface area contributed by atoms with Crippen molar-refractivity contribution in [2.24, 2.45) is 0 Å². The Bertz CT molecular complexity index is 1070. The first-order valence-electron chi connectivity index (χ1n) is 23.2. The molecule has 0 N–H and O–H groups in total. The Morgan fingerprint density at radius 1 is 0.544 bits per heavy atom. The molecule has 0 spiro atoms. The summed E-state index contributed by atoms with van der Waals surface area (Å²) >= 11 is 0. The van der Waals surface area contributed by atoms with Crippen molar-refractivity contribution in [3.05, 3.63) is 36.5 Å². The fourth-order valence-corrected chi connectivity index (χ4v) is 6.98. The van der Waals surface area contributed by atoms with Crippen LogP contribution in [0.5, 0.6) is 0 Å². The van der Waals surface area contributed by atoms with E-state index in [-0.39, 0.29) is 32.0 Å². The van der Waals surface area contributed by atoms with Gasteiger partial charge in [0.25, 0.3) is 7.82 Å². The maximum atomic E-state index is 12.7. The fraction of sp³-hybridized carbons (Fsp3) is 0.830. The van der Waals surface area contributed by atoms with E-state index < -0.39 is 26.5 Å². The number of rotatable bonds is 42. The number of esters is 2. The standard InChI is InChI=1S/C47H88NO8P/c1-6-8-10-12-14-16-17-18-19-20-21-22-23-24-25-26-27-28-29-30-31-32-34-36-38-40-47(50)56-45(44-55-57(51,52)54-42-41-48(3,4)5)43-53-46(49)39-37-35-33-15-13-11-9-7-2/h17-18,20-21,23-24,45H,6-16,19,22,25-44H2,1-5H3/b18-17-,21-20-,24-23-. The molecule has 0 aromatic heterocycles. The highest BCUT2D eigenvalue weighted by Crippen LogP contribution is 2.38. The molecule has 0 bridgehead atoms. The Hall–Kier alpha value is -1.77. The van der Waals surface area contributed by atoms with E-state index in [1.807, 2.05) is 21.1 Å². The van der Waals surface area contributed by atoms with Gasteiger partial charge in [-0.25, -0.2) is 0 Å². The smallest absolute Gasteiger partial charge is 0.306 e. The van der Waals surface area contributed by atoms with Gasteiger partial charge < -0.3 is 27.9 Å². The number of phosphoric ester groups is 1. The lowest BCUT2D eigenvalue weighted by Gasteiger charge is -2.28. The predicted octanol–water partition coefficient (Wildman–Crippen LogP) is 12.7. The van der Waals surface area contributed by atoms with E-state index in [1.165, 1.54) is 109 Å². The van der Waals surface area contributed by atoms with E-state index in [0.717, 1.165) is 57.8 Å². The molecule has 57 heavy (non-hydrogen) atoms. The van der Waals surface area contributed by atoms with Crippen LogP contribution < -0.4 is 4.89 Å². The van der Waals surface area contributed by atoms with Crippen molar-refractivity contribution in [2.45, 2.75) is 206 Å². The van der Waals surface area contributed by atoms with Gasteiger partial charge in [-0.1, -0.05) is 172 Å². The highest BCUT2D eigenvalue weighted by Gasteiger charge is 2.21. The SMILES string of the molecule is CCCCCCC/C=C\C/C=C\C/C=C\CCCCCCCCCCCCC(=O)OC(COC(=O)CCCCCCCCCC)COP(=O)([O-])OCC[N+](C)(C)C. The van der Waals surface area contributed by atoms with Crippen molar-refractivity contribution in [1.29, 1.82) is 0 Å². The summed E-state index contributed by atoms with van der Waals surface area (Å²) < 4.78 is 33.8. The molecule has 0 aliphatic heterocycles. The topological polar surface area (TPSA) is 111 Å². The van der Waals surface area contributed by atoms with E-state index in [2.05, 4.69) is 50.3 Å². The molecule has 0 aromatic rings. The molecular weight excluding hydrogens is 737 g/mol. The van der Waals surface area contributed by atoms with Crippen molar-refractivity contribution < 1.29 is 42.1 Å². The molecular formula is C47H88NO8P. The molecule has 10 heteroatoms. The van der Waals surface area contributed by atoms with Crippen molar-refractivity contribution >= 4 is 19.8 Å². The first-order valence-corrected chi connectivity index (χ1v) is 24.7. The number of phosphoric acid groups is 1. The Morgan fingerprint density at radius 3 is 1.40 bits per heavy atom. The second kappa shape index (κ2) is 39.7. The first kappa shape index (κ1) is 55.2. The molecule has 0 rings (SSSR count). The highest BCUT2D eigenvalue weighted by molar-refractivity contribution is 7.45. The van der Waals surface area contributed by atoms with Crippen LogP contribution in [0.3, 0.4) is 0 Å². The average Bonchev–Trinajstić information content (AvgIpc) is 3.16. The molecule has 0 aliphatic carbocycles. The lowest BCUT2D eigenvalue weighted by atomic mass is 10.0. The maximum absolute atomic E-state index is 12.7. The number of likely N-dealkylation sites (N-methyl/N-ethyl adjacent to an activating group) is 1. The second-order valence-electron chi connectivity index (χ2n) is 16.8. The lowest BCUT2D eigenvalue weighted by molar-refractivity contribution is -0.870. The van der Waals surface area contributed by atoms with Gasteiger partial charge in [-0.3, -0.25) is 14.2 Å². The first-order chi connectivity index (χ1) is 27.5. The number of quaternary nitrogens is 1. The van der Waals surface area contributed by atoms with E-state index >= 15 is 0 Å². The zero-order valence-corrected chi connectivity index (χ0v) is 38.4. The van der Waals surface area contributed by atoms with Gasteiger partial charge in [0.15, 0.2) is 6.10 Å². The molecule has 0 radical (unpaired) electrons. The number of allylic oxidation sites excluding steroid dienone is 6. The molecule has 0 amide bonds. The van der Waals surface area contributed by atoms with Crippen LogP contribution in [0.4, 0.5) is 0 Å². The summed E-state index contributed by atoms with van der Waals surface area (Å²) in [6, 6.07) is 0. The summed E-state index contributed by atoms with van der Waals surface area (Å²) in [5, 5.41) is 0. The monoisotopic (exact) mass is 826 g/mol. The molecule has 0 heterocycles. The van der Waals surface area contributed by atoms with Gasteiger partial charge in [0.05, 0.1) is 27.7 Å². The van der Waals surface area contributed by atoms with Crippen molar-refractivity contribution in [1.82, 2.24) is 0 Å². The number of carbonyl (C=O) groups excluding carboxylic acids is 2. The summed E-state index contributed by atoms with van der Waals surface area (Å²) in [6.07, 6.45) is 44.8. The van der Waals surface area contributed by atoms with Gasteiger partial charge in [-0.05, 0) is 51.4 Å². The molecule has 2 atom stereocenters. The number of unbranched alkanes of at least 4 members (excludes halogenated alkanes) is 22. The van der Waals surface area contributed by atoms with Crippen molar-refractivity contribution in [2.75, 3.05) is 47.5 Å². The quantitative estimate of drug-likeness (QED) is 0.0197. The maximum Gasteiger partial charge on any atom is 0.306 e. The van der Waals surface area contributed by atoms with Crippen LogP contribution in [0.2, 0.25) is 0 Å². The van der Waals surface area contributed by atoms with Crippen LogP contribution in [-0.2, 0) is 32.7 Å². The summed E-state index contributed by atoms with van der Waals surface area (Å²) in [5.41, 5.74) is 0. The number of ether oxygens (including phenoxy) is 2. The van der Waals surface area contributed by atoms with Crippen molar-refractivity contribution in [3.8, 4) is 0 Å². The zero-order valence-electron chi connectivity index (χ0n) is 37.5. The number of hydrogen-bond donors (Lipinski definition) is 0. The molecule has 2 unspecified atom stereocenters. The minimum atomic E-state index is -4.62. The van der Waals surface area contributed by atoms with Crippen LogP contribution in [0, 0.1) is 0 Å². The Labute approximate surface area is 351 Å². The van der Waals surface area contributed by atoms with Gasteiger partial charge >= 0.3 is 11.9 Å². The lowest BCUT2D eigenvalue weighted by Crippen LogP contribution is -2.37. The van der Waals surface area contributed by atoms with Crippen LogP contribution in [-0.4, -0.2) is 70.0 Å². The van der Waals surface area contributed by atoms with Gasteiger partial charge in [0, 0.05) is 12.8 Å².